The number of β-amino-alcohol motifs (C(OH)–C–C–N with tert-alkyl or cyclic N) is 4. The number of phenolic OH excluding ortho intramolecular Hbond substituents is 1. The van der Waals surface area contributed by atoms with Crippen molar-refractivity contribution in [2.75, 3.05) is 99.8 Å². The average molecular weight is 2210 g/mol. The van der Waals surface area contributed by atoms with Crippen molar-refractivity contribution in [1.82, 2.24) is 57.5 Å². The summed E-state index contributed by atoms with van der Waals surface area (Å²) in [6.07, 6.45) is 18.8. The van der Waals surface area contributed by atoms with E-state index in [9.17, 15) is 94.8 Å². The van der Waals surface area contributed by atoms with Gasteiger partial charge in [0.15, 0.2) is 47.0 Å². The van der Waals surface area contributed by atoms with Crippen molar-refractivity contribution in [3.63, 3.8) is 0 Å². The highest BCUT2D eigenvalue weighted by Crippen LogP contribution is 2.52. The molecule has 4 saturated carbocycles. The second kappa shape index (κ2) is 52.8. The maximum absolute atomic E-state index is 12.9. The van der Waals surface area contributed by atoms with Gasteiger partial charge in [0.05, 0.1) is 181 Å². The van der Waals surface area contributed by atoms with Gasteiger partial charge in [-0.2, -0.15) is 21.0 Å². The number of carbonyl (C=O) groups is 9. The van der Waals surface area contributed by atoms with Gasteiger partial charge in [0.25, 0.3) is 23.6 Å². The Kier molecular flexibility index (Phi) is 39.8. The zero-order chi connectivity index (χ0) is 107. The minimum Gasteiger partial charge on any atom is -0.508 e. The van der Waals surface area contributed by atoms with Crippen molar-refractivity contribution in [3.05, 3.63) is 232 Å². The Morgan fingerprint density at radius 1 is 0.367 bits per heavy atom. The number of aliphatic hydroxyl groups is 4. The smallest absolute Gasteiger partial charge is 0.303 e. The van der Waals surface area contributed by atoms with Crippen LogP contribution >= 0.6 is 55.1 Å². The number of pyridine rings is 3. The fourth-order valence-electron chi connectivity index (χ4n) is 18.1. The number of aliphatic carboxylic acids is 1. The summed E-state index contributed by atoms with van der Waals surface area (Å²) >= 11 is 19.8. The summed E-state index contributed by atoms with van der Waals surface area (Å²) in [6, 6.07) is 41.8. The van der Waals surface area contributed by atoms with Crippen LogP contribution in [-0.4, -0.2) is 225 Å². The Labute approximate surface area is 895 Å². The Balaban J connectivity index is 0.000000167. The Bertz CT molecular complexity index is 6450. The van der Waals surface area contributed by atoms with Crippen molar-refractivity contribution in [2.24, 2.45) is 20.0 Å². The summed E-state index contributed by atoms with van der Waals surface area (Å²) in [5.74, 6) is -2.48. The maximum atomic E-state index is 12.9. The fraction of sp³-hybridized carbons (Fsp3) is 0.426. The average Bonchev–Trinajstić information content (AvgIpc) is 1.62. The van der Waals surface area contributed by atoms with E-state index < -0.39 is 81.6 Å². The van der Waals surface area contributed by atoms with Crippen LogP contribution < -0.4 is 63.8 Å². The second-order valence-corrected chi connectivity index (χ2v) is 41.5. The van der Waals surface area contributed by atoms with Crippen LogP contribution in [0.25, 0.3) is 0 Å². The van der Waals surface area contributed by atoms with E-state index in [0.717, 1.165) is 131 Å². The number of aliphatic imine (C=N–C) groups is 4. The molecule has 16 rings (SSSR count). The van der Waals surface area contributed by atoms with Gasteiger partial charge in [0.1, 0.15) is 5.75 Å². The molecular formula is C108H121Br2Cl2N23O15. The Morgan fingerprint density at radius 2 is 0.653 bits per heavy atom. The summed E-state index contributed by atoms with van der Waals surface area (Å²) in [5, 5.41) is 132. The zero-order valence-electron chi connectivity index (χ0n) is 83.2. The topological polar surface area (TPSA) is 603 Å². The standard InChI is InChI=1S/C29H33BrN6O5.C27H30ClN5O4.C26H29BrN6O3.C26H29ClN6O3/c30-22-7-18(6-21(11-22)29(17-31)4-2-1-3-5-29)19(10-26(39)40)9-24(37)14-33-27(41)20-8-23(13-32-12-20)36-28-34-15-25(38)16-35-28;1-2-16(17-5-19(10-20(28)6-17)27(15-29)3-4-27)8-23(35)12-30-25(37)18-7-21(11-22(34)9-18)33-26-31-13-24(36)14-32-26;2*1-2-16(17-5-19(9-20(27)6-17)26(15-28)3-4-26)8-22(34)12-30-24(36)18-7-21(11-29-10-18)33-25-31-13-23(35)14-32-25/h6-8,11-13,19,25,38H,1-5,9-10,14-16H2,(H,33,41)(H,39,40)(H2,34,35,36);5-7,9-11,16,24,34,36H,2-4,8,12-14H2,1H3,(H,30,37)(H2,31,32,33);2*5-7,9-11,16,23,35H,2-4,8,12-14H2,1H3,(H,30,36)(H2,31,32,33)/t19-;3*16-/m0111/s1. The molecule has 5 aromatic carbocycles. The molecule has 38 nitrogen and oxygen atoms in total. The first-order valence-electron chi connectivity index (χ1n) is 49.9. The number of Topliss-reactive ketones (excluding diaryl/α,β-unsaturated/α-hetero) is 4. The number of hydrogen-bond acceptors (Lipinski definition) is 33. The van der Waals surface area contributed by atoms with E-state index in [0.29, 0.717) is 125 Å². The molecule has 4 unspecified atom stereocenters. The Hall–Kier alpha value is -14.2. The number of nitrogens with zero attached hydrogens (tertiary/aromatic N) is 11. The van der Waals surface area contributed by atoms with Gasteiger partial charge in [0.2, 0.25) is 0 Å². The van der Waals surface area contributed by atoms with E-state index in [-0.39, 0.29) is 123 Å². The Morgan fingerprint density at radius 3 is 0.953 bits per heavy atom. The van der Waals surface area contributed by atoms with Gasteiger partial charge < -0.3 is 94.4 Å². The van der Waals surface area contributed by atoms with Gasteiger partial charge in [-0.3, -0.25) is 78.1 Å². The molecule has 8 aliphatic rings. The van der Waals surface area contributed by atoms with Crippen LogP contribution in [-0.2, 0) is 45.6 Å². The molecule has 0 radical (unpaired) electrons. The molecule has 4 fully saturated rings. The molecule has 7 heterocycles. The summed E-state index contributed by atoms with van der Waals surface area (Å²) in [5.41, 5.74) is 8.39. The molecule has 18 N–H and O–H groups in total. The fourth-order valence-corrected chi connectivity index (χ4v) is 19.6. The molecule has 0 bridgehead atoms. The quantitative estimate of drug-likeness (QED) is 0.0172. The number of carboxylic acids is 1. The molecular weight excluding hydrogens is 2090 g/mol. The number of amides is 4. The number of hydrogen-bond donors (Lipinski definition) is 18. The minimum absolute atomic E-state index is 0.00312. The third-order valence-electron chi connectivity index (χ3n) is 27.3. The highest BCUT2D eigenvalue weighted by atomic mass is 79.9. The molecule has 0 spiro atoms. The molecule has 4 aliphatic carbocycles. The number of benzene rings is 5. The lowest BCUT2D eigenvalue weighted by Gasteiger charge is -2.32. The van der Waals surface area contributed by atoms with E-state index in [1.807, 2.05) is 81.4 Å². The van der Waals surface area contributed by atoms with Crippen LogP contribution in [0.2, 0.25) is 10.0 Å². The van der Waals surface area contributed by atoms with Crippen molar-refractivity contribution in [2.45, 2.75) is 213 Å². The number of aromatic nitrogens is 3. The third kappa shape index (κ3) is 32.2. The minimum atomic E-state index is -1.04. The third-order valence-corrected chi connectivity index (χ3v) is 28.6. The lowest BCUT2D eigenvalue weighted by atomic mass is 9.70. The van der Waals surface area contributed by atoms with Crippen LogP contribution in [0.4, 0.5) is 22.7 Å². The van der Waals surface area contributed by atoms with Gasteiger partial charge in [-0.05, 0) is 212 Å². The van der Waals surface area contributed by atoms with E-state index >= 15 is 0 Å². The second-order valence-electron chi connectivity index (χ2n) is 38.8. The van der Waals surface area contributed by atoms with Crippen LogP contribution in [0.3, 0.4) is 0 Å². The first-order chi connectivity index (χ1) is 72.0. The SMILES string of the molecule is CC[C@H](CC(=O)CNC(=O)c1cc(O)cc(NC2=NCC(O)CN2)c1)c1cc(Cl)cc(C2(C#N)CC2)c1.CC[C@H](CC(=O)CNC(=O)c1cncc(NC2=NCC(O)CN2)c1)c1cc(Br)cc(C2(C#N)CC2)c1.CC[C@H](CC(=O)CNC(=O)c1cncc(NC2=NCC(O)CN2)c1)c1cc(Cl)cc(C2(C#N)CC2)c1.N#CC1(c2cc(Br)cc([C@H](CC(=O)O)CC(=O)CNC(=O)c3cncc(NC4=NCC(O)CN4)c3)c2)CCCCC1. The number of aliphatic hydroxyl groups excluding tert-OH is 4. The molecule has 8 aromatic rings. The molecule has 150 heavy (non-hydrogen) atoms. The van der Waals surface area contributed by atoms with Crippen molar-refractivity contribution >= 4 is 154 Å². The summed E-state index contributed by atoms with van der Waals surface area (Å²) in [4.78, 5) is 143. The predicted molar refractivity (Wildman–Crippen MR) is 574 cm³/mol. The number of guanidine groups is 4. The van der Waals surface area contributed by atoms with Gasteiger partial charge in [-0.15, -0.1) is 0 Å². The molecule has 42 heteroatoms. The normalized spacial score (nSPS) is 18.7. The lowest BCUT2D eigenvalue weighted by molar-refractivity contribution is -0.137. The van der Waals surface area contributed by atoms with E-state index in [2.05, 4.69) is 161 Å². The number of nitrogens with one attached hydrogen (secondary N) is 12. The molecule has 786 valence electrons. The predicted octanol–water partition coefficient (Wildman–Crippen LogP) is 12.4. The first-order valence-corrected chi connectivity index (χ1v) is 52.3. The van der Waals surface area contributed by atoms with Crippen LogP contribution in [0.5, 0.6) is 5.75 Å². The number of rotatable bonds is 37. The van der Waals surface area contributed by atoms with Crippen molar-refractivity contribution < 1.29 is 73.8 Å². The highest BCUT2D eigenvalue weighted by molar-refractivity contribution is 9.10. The number of anilines is 4. The van der Waals surface area contributed by atoms with Crippen LogP contribution in [0.1, 0.15) is 252 Å². The summed E-state index contributed by atoms with van der Waals surface area (Å²) in [7, 11) is 0. The van der Waals surface area contributed by atoms with Crippen molar-refractivity contribution in [1.29, 1.82) is 21.0 Å². The molecule has 8 atom stereocenters. The highest BCUT2D eigenvalue weighted by Gasteiger charge is 2.48. The van der Waals surface area contributed by atoms with Crippen LogP contribution in [0, 0.1) is 45.3 Å². The first kappa shape index (κ1) is 113. The number of carboxylic acid groups (broad SMARTS) is 1. The number of carbonyl (C=O) groups excluding carboxylic acids is 8. The molecule has 4 aliphatic heterocycles. The summed E-state index contributed by atoms with van der Waals surface area (Å²) in [6.45, 7) is 7.97. The van der Waals surface area contributed by atoms with Gasteiger partial charge in [-0.1, -0.05) is 119 Å². The number of aromatic hydroxyl groups is 1. The number of ketones is 4. The van der Waals surface area contributed by atoms with Crippen LogP contribution in [0.15, 0.2) is 175 Å². The van der Waals surface area contributed by atoms with E-state index in [1.54, 1.807) is 42.7 Å². The maximum Gasteiger partial charge on any atom is 0.303 e. The van der Waals surface area contributed by atoms with Gasteiger partial charge in [0, 0.05) is 113 Å². The monoisotopic (exact) mass is 2210 g/mol. The number of halogens is 4. The van der Waals surface area contributed by atoms with E-state index in [1.165, 1.54) is 36.9 Å². The molecule has 4 amide bonds. The van der Waals surface area contributed by atoms with Crippen molar-refractivity contribution in [3.8, 4) is 30.0 Å². The summed E-state index contributed by atoms with van der Waals surface area (Å²) < 4.78 is 1.63. The number of nitriles is 4. The molecule has 3 aromatic heterocycles. The van der Waals surface area contributed by atoms with Gasteiger partial charge in [-0.25, -0.2) is 0 Å². The van der Waals surface area contributed by atoms with Gasteiger partial charge >= 0.3 is 5.97 Å². The number of phenols is 1. The zero-order valence-corrected chi connectivity index (χ0v) is 87.9. The molecule has 0 saturated heterocycles. The largest absolute Gasteiger partial charge is 0.508 e. The van der Waals surface area contributed by atoms with E-state index in [4.69, 9.17) is 23.2 Å². The lowest BCUT2D eigenvalue weighted by Crippen LogP contribution is -2.42.